The smallest absolute Gasteiger partial charge is 0.133 e. The second-order valence-corrected chi connectivity index (χ2v) is 4.23. The monoisotopic (exact) mass is 246 g/mol. The van der Waals surface area contributed by atoms with E-state index in [0.717, 1.165) is 5.56 Å². The summed E-state index contributed by atoms with van der Waals surface area (Å²) in [5.74, 6) is 0.662. The van der Waals surface area contributed by atoms with Gasteiger partial charge in [-0.05, 0) is 31.5 Å². The van der Waals surface area contributed by atoms with Crippen molar-refractivity contribution in [1.82, 2.24) is 0 Å². The van der Waals surface area contributed by atoms with Gasteiger partial charge in [-0.15, -0.1) is 0 Å². The molecule has 3 heteroatoms. The van der Waals surface area contributed by atoms with Crippen molar-refractivity contribution in [2.75, 3.05) is 0 Å². The zero-order valence-corrected chi connectivity index (χ0v) is 10.4. The predicted molar refractivity (Wildman–Crippen MR) is 68.3 cm³/mol. The predicted octanol–water partition coefficient (Wildman–Crippen LogP) is 3.98. The van der Waals surface area contributed by atoms with E-state index in [1.54, 1.807) is 25.1 Å². The van der Waals surface area contributed by atoms with Crippen molar-refractivity contribution in [3.63, 3.8) is 0 Å². The molecule has 0 saturated heterocycles. The molecular weight excluding hydrogens is 231 g/mol. The van der Waals surface area contributed by atoms with E-state index in [9.17, 15) is 9.50 Å². The van der Waals surface area contributed by atoms with E-state index in [1.807, 2.05) is 19.1 Å². The zero-order valence-electron chi connectivity index (χ0n) is 10.4. The molecule has 0 saturated carbocycles. The zero-order chi connectivity index (χ0) is 13.1. The van der Waals surface area contributed by atoms with Gasteiger partial charge in [0, 0.05) is 11.6 Å². The van der Waals surface area contributed by atoms with Crippen LogP contribution in [0.3, 0.4) is 0 Å². The number of rotatable bonds is 3. The van der Waals surface area contributed by atoms with E-state index in [0.29, 0.717) is 17.1 Å². The van der Waals surface area contributed by atoms with E-state index < -0.39 is 6.10 Å². The first-order chi connectivity index (χ1) is 8.58. The minimum atomic E-state index is -0.630. The lowest BCUT2D eigenvalue weighted by molar-refractivity contribution is 0.195. The van der Waals surface area contributed by atoms with Crippen LogP contribution in [-0.2, 0) is 0 Å². The number of hydrogen-bond donors (Lipinski definition) is 1. The number of aliphatic hydroxyl groups excluding tert-OH is 1. The van der Waals surface area contributed by atoms with Crippen LogP contribution in [0.15, 0.2) is 42.5 Å². The summed E-state index contributed by atoms with van der Waals surface area (Å²) in [6.07, 6.45) is -0.630. The first kappa shape index (κ1) is 12.6. The summed E-state index contributed by atoms with van der Waals surface area (Å²) in [7, 11) is 0. The third-order valence-corrected chi connectivity index (χ3v) is 2.74. The molecule has 0 unspecified atom stereocenters. The van der Waals surface area contributed by atoms with Gasteiger partial charge in [-0.3, -0.25) is 0 Å². The van der Waals surface area contributed by atoms with Crippen molar-refractivity contribution in [3.05, 3.63) is 59.4 Å². The van der Waals surface area contributed by atoms with Crippen molar-refractivity contribution >= 4 is 0 Å². The summed E-state index contributed by atoms with van der Waals surface area (Å²) < 4.78 is 18.9. The molecule has 94 valence electrons. The average Bonchev–Trinajstić information content (AvgIpc) is 2.34. The fourth-order valence-corrected chi connectivity index (χ4v) is 1.72. The summed E-state index contributed by atoms with van der Waals surface area (Å²) in [5.41, 5.74) is 1.53. The van der Waals surface area contributed by atoms with Crippen molar-refractivity contribution in [3.8, 4) is 11.5 Å². The number of para-hydroxylation sites is 1. The second-order valence-electron chi connectivity index (χ2n) is 4.23. The largest absolute Gasteiger partial charge is 0.457 e. The fraction of sp³-hybridized carbons (Fsp3) is 0.200. The summed E-state index contributed by atoms with van der Waals surface area (Å²) in [6.45, 7) is 3.51. The number of ether oxygens (including phenoxy) is 1. The molecule has 0 aliphatic carbocycles. The summed E-state index contributed by atoms with van der Waals surface area (Å²) in [5, 5.41) is 9.65. The molecule has 0 heterocycles. The molecular formula is C15H15FO2. The number of benzene rings is 2. The van der Waals surface area contributed by atoms with Gasteiger partial charge in [0.25, 0.3) is 0 Å². The highest BCUT2D eigenvalue weighted by molar-refractivity contribution is 5.41. The molecule has 1 N–H and O–H groups in total. The first-order valence-electron chi connectivity index (χ1n) is 5.79. The minimum Gasteiger partial charge on any atom is -0.457 e. The SMILES string of the molecule is Cc1ccc(F)cc1Oc1ccccc1[C@H](C)O. The molecule has 0 aliphatic heterocycles. The molecule has 18 heavy (non-hydrogen) atoms. The lowest BCUT2D eigenvalue weighted by Crippen LogP contribution is -1.97. The Balaban J connectivity index is 2.37. The molecule has 2 rings (SSSR count). The van der Waals surface area contributed by atoms with E-state index >= 15 is 0 Å². The third kappa shape index (κ3) is 2.68. The number of halogens is 1. The van der Waals surface area contributed by atoms with E-state index in [-0.39, 0.29) is 5.82 Å². The fourth-order valence-electron chi connectivity index (χ4n) is 1.72. The van der Waals surface area contributed by atoms with Gasteiger partial charge in [0.2, 0.25) is 0 Å². The Hall–Kier alpha value is -1.87. The number of aryl methyl sites for hydroxylation is 1. The van der Waals surface area contributed by atoms with Gasteiger partial charge in [-0.2, -0.15) is 0 Å². The van der Waals surface area contributed by atoms with Gasteiger partial charge in [0.05, 0.1) is 6.10 Å². The lowest BCUT2D eigenvalue weighted by Gasteiger charge is -2.14. The molecule has 2 aromatic carbocycles. The molecule has 0 aliphatic rings. The molecule has 1 atom stereocenters. The Bertz CT molecular complexity index is 550. The highest BCUT2D eigenvalue weighted by Gasteiger charge is 2.10. The molecule has 0 spiro atoms. The van der Waals surface area contributed by atoms with Crippen molar-refractivity contribution in [2.45, 2.75) is 20.0 Å². The van der Waals surface area contributed by atoms with Crippen molar-refractivity contribution < 1.29 is 14.2 Å². The van der Waals surface area contributed by atoms with Crippen LogP contribution in [0.4, 0.5) is 4.39 Å². The van der Waals surface area contributed by atoms with Crippen LogP contribution in [0.2, 0.25) is 0 Å². The molecule has 0 amide bonds. The maximum absolute atomic E-state index is 13.2. The van der Waals surface area contributed by atoms with Crippen LogP contribution in [0, 0.1) is 12.7 Å². The topological polar surface area (TPSA) is 29.5 Å². The van der Waals surface area contributed by atoms with Crippen LogP contribution in [0.25, 0.3) is 0 Å². The molecule has 0 aromatic heterocycles. The second kappa shape index (κ2) is 5.19. The first-order valence-corrected chi connectivity index (χ1v) is 5.79. The van der Waals surface area contributed by atoms with Gasteiger partial charge >= 0.3 is 0 Å². The van der Waals surface area contributed by atoms with Crippen LogP contribution < -0.4 is 4.74 Å². The molecule has 0 fully saturated rings. The Labute approximate surface area is 106 Å². The Kier molecular flexibility index (Phi) is 3.63. The molecule has 0 bridgehead atoms. The van der Waals surface area contributed by atoms with Gasteiger partial charge in [-0.25, -0.2) is 4.39 Å². The number of hydrogen-bond acceptors (Lipinski definition) is 2. The highest BCUT2D eigenvalue weighted by Crippen LogP contribution is 2.31. The van der Waals surface area contributed by atoms with Crippen LogP contribution in [0.5, 0.6) is 11.5 Å². The molecule has 2 aromatic rings. The number of aliphatic hydroxyl groups is 1. The maximum Gasteiger partial charge on any atom is 0.133 e. The van der Waals surface area contributed by atoms with E-state index in [2.05, 4.69) is 0 Å². The van der Waals surface area contributed by atoms with Gasteiger partial charge in [-0.1, -0.05) is 24.3 Å². The Morgan fingerprint density at radius 1 is 1.11 bits per heavy atom. The minimum absolute atomic E-state index is 0.342. The summed E-state index contributed by atoms with van der Waals surface area (Å²) in [6, 6.07) is 11.6. The quantitative estimate of drug-likeness (QED) is 0.887. The standard InChI is InChI=1S/C15H15FO2/c1-10-7-8-12(16)9-15(10)18-14-6-4-3-5-13(14)11(2)17/h3-9,11,17H,1-2H3/t11-/m0/s1. The van der Waals surface area contributed by atoms with Crippen LogP contribution in [-0.4, -0.2) is 5.11 Å². The normalized spacial score (nSPS) is 12.2. The molecule has 2 nitrogen and oxygen atoms in total. The Morgan fingerprint density at radius 3 is 2.56 bits per heavy atom. The summed E-state index contributed by atoms with van der Waals surface area (Å²) >= 11 is 0. The van der Waals surface area contributed by atoms with E-state index in [4.69, 9.17) is 4.74 Å². The van der Waals surface area contributed by atoms with Crippen molar-refractivity contribution in [2.24, 2.45) is 0 Å². The third-order valence-electron chi connectivity index (χ3n) is 2.74. The summed E-state index contributed by atoms with van der Waals surface area (Å²) in [4.78, 5) is 0. The average molecular weight is 246 g/mol. The lowest BCUT2D eigenvalue weighted by atomic mass is 10.1. The van der Waals surface area contributed by atoms with Crippen molar-refractivity contribution in [1.29, 1.82) is 0 Å². The Morgan fingerprint density at radius 2 is 1.83 bits per heavy atom. The molecule has 0 radical (unpaired) electrons. The highest BCUT2D eigenvalue weighted by atomic mass is 19.1. The van der Waals surface area contributed by atoms with Gasteiger partial charge in [0.1, 0.15) is 17.3 Å². The van der Waals surface area contributed by atoms with Crippen LogP contribution >= 0.6 is 0 Å². The van der Waals surface area contributed by atoms with Crippen LogP contribution in [0.1, 0.15) is 24.2 Å². The van der Waals surface area contributed by atoms with Gasteiger partial charge < -0.3 is 9.84 Å². The maximum atomic E-state index is 13.2. The van der Waals surface area contributed by atoms with E-state index in [1.165, 1.54) is 12.1 Å². The van der Waals surface area contributed by atoms with Gasteiger partial charge in [0.15, 0.2) is 0 Å².